The highest BCUT2D eigenvalue weighted by Gasteiger charge is 2.49. The molecular weight excluding hydrogens is 246 g/mol. The Morgan fingerprint density at radius 3 is 2.20 bits per heavy atom. The highest BCUT2D eigenvalue weighted by atomic mass is 16.2. The maximum atomic E-state index is 12.5. The lowest BCUT2D eigenvalue weighted by Gasteiger charge is -2.41. The highest BCUT2D eigenvalue weighted by molar-refractivity contribution is 5.76. The van der Waals surface area contributed by atoms with Crippen molar-refractivity contribution in [1.29, 1.82) is 0 Å². The summed E-state index contributed by atoms with van der Waals surface area (Å²) < 4.78 is 0. The highest BCUT2D eigenvalue weighted by Crippen LogP contribution is 2.60. The lowest BCUT2D eigenvalue weighted by Crippen LogP contribution is -2.40. The number of hydrogen-bond donors (Lipinski definition) is 0. The summed E-state index contributed by atoms with van der Waals surface area (Å²) in [5.74, 6) is 1.89. The van der Waals surface area contributed by atoms with E-state index >= 15 is 0 Å². The van der Waals surface area contributed by atoms with E-state index in [1.54, 1.807) is 0 Å². The first-order valence-electron chi connectivity index (χ1n) is 8.65. The van der Waals surface area contributed by atoms with Gasteiger partial charge in [0, 0.05) is 19.5 Å². The van der Waals surface area contributed by atoms with Gasteiger partial charge in [-0.05, 0) is 67.6 Å². The average molecular weight is 277 g/mol. The summed E-state index contributed by atoms with van der Waals surface area (Å²) in [5.41, 5.74) is 1.07. The van der Waals surface area contributed by atoms with Crippen molar-refractivity contribution in [3.8, 4) is 0 Å². The number of carbonyl (C=O) groups excluding carboxylic acids is 1. The van der Waals surface area contributed by atoms with E-state index in [0.29, 0.717) is 22.7 Å². The number of hydrogen-bond acceptors (Lipinski definition) is 1. The largest absolute Gasteiger partial charge is 0.343 e. The quantitative estimate of drug-likeness (QED) is 0.739. The van der Waals surface area contributed by atoms with E-state index < -0.39 is 0 Å². The third-order valence-corrected chi connectivity index (χ3v) is 6.35. The van der Waals surface area contributed by atoms with Crippen molar-refractivity contribution in [2.24, 2.45) is 22.7 Å². The first-order valence-corrected chi connectivity index (χ1v) is 8.65. The van der Waals surface area contributed by atoms with Crippen molar-refractivity contribution < 1.29 is 4.79 Å². The van der Waals surface area contributed by atoms with Crippen molar-refractivity contribution >= 4 is 5.91 Å². The Hall–Kier alpha value is -0.530. The van der Waals surface area contributed by atoms with Gasteiger partial charge in [0.2, 0.25) is 5.91 Å². The molecule has 1 aliphatic heterocycles. The standard InChI is InChI=1S/C18H31NO/c1-14-4-8-19(9-5-14)16(20)10-15-11-17(2)6-7-18(3,12-15)13-17/h14-15H,4-13H2,1-3H3. The molecule has 2 heteroatoms. The molecule has 2 bridgehead atoms. The second-order valence-electron chi connectivity index (χ2n) is 8.84. The fraction of sp³-hybridized carbons (Fsp3) is 0.944. The molecule has 3 fully saturated rings. The van der Waals surface area contributed by atoms with Crippen LogP contribution in [-0.2, 0) is 4.79 Å². The summed E-state index contributed by atoms with van der Waals surface area (Å²) in [5, 5.41) is 0. The normalized spacial score (nSPS) is 42.0. The number of fused-ring (bicyclic) bond motifs is 2. The van der Waals surface area contributed by atoms with E-state index in [4.69, 9.17) is 0 Å². The monoisotopic (exact) mass is 277 g/mol. The van der Waals surface area contributed by atoms with Gasteiger partial charge in [-0.15, -0.1) is 0 Å². The molecule has 3 rings (SSSR count). The average Bonchev–Trinajstić information content (AvgIpc) is 2.59. The summed E-state index contributed by atoms with van der Waals surface area (Å²) in [6.07, 6.45) is 9.96. The second-order valence-corrected chi connectivity index (χ2v) is 8.84. The van der Waals surface area contributed by atoms with Gasteiger partial charge < -0.3 is 4.90 Å². The van der Waals surface area contributed by atoms with E-state index in [1.165, 1.54) is 44.9 Å². The molecule has 0 aromatic rings. The van der Waals surface area contributed by atoms with Crippen LogP contribution in [0.25, 0.3) is 0 Å². The number of piperidine rings is 1. The molecular formula is C18H31NO. The van der Waals surface area contributed by atoms with Crippen LogP contribution >= 0.6 is 0 Å². The fourth-order valence-corrected chi connectivity index (χ4v) is 5.40. The van der Waals surface area contributed by atoms with Gasteiger partial charge in [-0.25, -0.2) is 0 Å². The Morgan fingerprint density at radius 1 is 1.10 bits per heavy atom. The molecule has 2 nitrogen and oxygen atoms in total. The van der Waals surface area contributed by atoms with Crippen LogP contribution in [0.4, 0.5) is 0 Å². The number of likely N-dealkylation sites (tertiary alicyclic amines) is 1. The van der Waals surface area contributed by atoms with Crippen LogP contribution in [-0.4, -0.2) is 23.9 Å². The predicted octanol–water partition coefficient (Wildman–Crippen LogP) is 4.24. The molecule has 0 aromatic heterocycles. The van der Waals surface area contributed by atoms with Crippen molar-refractivity contribution in [1.82, 2.24) is 4.90 Å². The van der Waals surface area contributed by atoms with Gasteiger partial charge in [0.05, 0.1) is 0 Å². The first kappa shape index (κ1) is 14.4. The topological polar surface area (TPSA) is 20.3 Å². The molecule has 0 radical (unpaired) electrons. The lowest BCUT2D eigenvalue weighted by atomic mass is 9.65. The van der Waals surface area contributed by atoms with Gasteiger partial charge in [0.1, 0.15) is 0 Å². The van der Waals surface area contributed by atoms with Crippen molar-refractivity contribution in [2.75, 3.05) is 13.1 Å². The molecule has 1 saturated heterocycles. The van der Waals surface area contributed by atoms with Crippen LogP contribution in [0.3, 0.4) is 0 Å². The molecule has 0 N–H and O–H groups in total. The summed E-state index contributed by atoms with van der Waals surface area (Å²) in [4.78, 5) is 14.7. The van der Waals surface area contributed by atoms with Crippen LogP contribution in [0.1, 0.15) is 72.1 Å². The molecule has 1 heterocycles. The maximum absolute atomic E-state index is 12.5. The van der Waals surface area contributed by atoms with Crippen LogP contribution in [0.2, 0.25) is 0 Å². The van der Waals surface area contributed by atoms with E-state index in [-0.39, 0.29) is 0 Å². The second kappa shape index (κ2) is 5.03. The van der Waals surface area contributed by atoms with Gasteiger partial charge in [-0.2, -0.15) is 0 Å². The summed E-state index contributed by atoms with van der Waals surface area (Å²) >= 11 is 0. The summed E-state index contributed by atoms with van der Waals surface area (Å²) in [6, 6.07) is 0. The Balaban J connectivity index is 1.57. The van der Waals surface area contributed by atoms with Crippen LogP contribution in [0.5, 0.6) is 0 Å². The maximum Gasteiger partial charge on any atom is 0.222 e. The van der Waals surface area contributed by atoms with Crippen LogP contribution in [0, 0.1) is 22.7 Å². The minimum Gasteiger partial charge on any atom is -0.343 e. The van der Waals surface area contributed by atoms with E-state index in [0.717, 1.165) is 25.4 Å². The van der Waals surface area contributed by atoms with Gasteiger partial charge >= 0.3 is 0 Å². The molecule has 1 amide bonds. The van der Waals surface area contributed by atoms with Gasteiger partial charge in [0.15, 0.2) is 0 Å². The molecule has 0 aromatic carbocycles. The molecule has 3 aliphatic rings. The molecule has 2 unspecified atom stereocenters. The summed E-state index contributed by atoms with van der Waals surface area (Å²) in [7, 11) is 0. The zero-order valence-corrected chi connectivity index (χ0v) is 13.6. The van der Waals surface area contributed by atoms with E-state index in [2.05, 4.69) is 25.7 Å². The molecule has 114 valence electrons. The van der Waals surface area contributed by atoms with Gasteiger partial charge in [-0.3, -0.25) is 4.79 Å². The number of carbonyl (C=O) groups is 1. The smallest absolute Gasteiger partial charge is 0.222 e. The predicted molar refractivity (Wildman–Crippen MR) is 82.4 cm³/mol. The Bertz CT molecular complexity index is 367. The lowest BCUT2D eigenvalue weighted by molar-refractivity contribution is -0.134. The van der Waals surface area contributed by atoms with Crippen molar-refractivity contribution in [2.45, 2.75) is 72.1 Å². The van der Waals surface area contributed by atoms with E-state index in [1.807, 2.05) is 0 Å². The van der Waals surface area contributed by atoms with E-state index in [9.17, 15) is 4.79 Å². The number of amides is 1. The van der Waals surface area contributed by atoms with Crippen molar-refractivity contribution in [3.05, 3.63) is 0 Å². The zero-order valence-electron chi connectivity index (χ0n) is 13.6. The number of nitrogens with zero attached hydrogens (tertiary/aromatic N) is 1. The first-order chi connectivity index (χ1) is 9.38. The molecule has 2 aliphatic carbocycles. The third kappa shape index (κ3) is 2.89. The third-order valence-electron chi connectivity index (χ3n) is 6.35. The van der Waals surface area contributed by atoms with Crippen LogP contribution < -0.4 is 0 Å². The van der Waals surface area contributed by atoms with Gasteiger partial charge in [-0.1, -0.05) is 20.8 Å². The van der Waals surface area contributed by atoms with Gasteiger partial charge in [0.25, 0.3) is 0 Å². The Kier molecular flexibility index (Phi) is 3.63. The molecule has 2 saturated carbocycles. The Labute approximate surface area is 124 Å². The van der Waals surface area contributed by atoms with Crippen LogP contribution in [0.15, 0.2) is 0 Å². The minimum absolute atomic E-state index is 0.440. The molecule has 20 heavy (non-hydrogen) atoms. The Morgan fingerprint density at radius 2 is 1.65 bits per heavy atom. The minimum atomic E-state index is 0.440. The molecule has 0 spiro atoms. The fourth-order valence-electron chi connectivity index (χ4n) is 5.40. The summed E-state index contributed by atoms with van der Waals surface area (Å²) in [6.45, 7) is 9.22. The molecule has 2 atom stereocenters. The number of rotatable bonds is 2. The SMILES string of the molecule is CC1CCN(C(=O)CC2CC3(C)CCC(C)(C2)C3)CC1. The zero-order chi connectivity index (χ0) is 14.4. The van der Waals surface area contributed by atoms with Crippen molar-refractivity contribution in [3.63, 3.8) is 0 Å².